The normalized spacial score (nSPS) is 23.4. The third-order valence-electron chi connectivity index (χ3n) is 4.03. The standard InChI is InChI=1S/C17H24O/c1-14-10-12-16(13-11-14)17(2,18)15-8-6-4-3-5-7-9-15/h8,10-13,18H,3-7,9H2,1-2H3/b15-8+. The van der Waals surface area contributed by atoms with E-state index >= 15 is 0 Å². The highest BCUT2D eigenvalue weighted by molar-refractivity contribution is 5.33. The van der Waals surface area contributed by atoms with Crippen molar-refractivity contribution in [3.05, 3.63) is 47.0 Å². The van der Waals surface area contributed by atoms with Crippen LogP contribution in [0.5, 0.6) is 0 Å². The van der Waals surface area contributed by atoms with E-state index in [0.29, 0.717) is 0 Å². The van der Waals surface area contributed by atoms with Crippen molar-refractivity contribution >= 4 is 0 Å². The van der Waals surface area contributed by atoms with E-state index in [4.69, 9.17) is 0 Å². The lowest BCUT2D eigenvalue weighted by molar-refractivity contribution is 0.0922. The molecule has 0 bridgehead atoms. The van der Waals surface area contributed by atoms with Crippen molar-refractivity contribution < 1.29 is 5.11 Å². The molecule has 0 amide bonds. The highest BCUT2D eigenvalue weighted by atomic mass is 16.3. The van der Waals surface area contributed by atoms with Gasteiger partial charge in [0, 0.05) is 0 Å². The molecule has 0 aromatic heterocycles. The molecular weight excluding hydrogens is 220 g/mol. The number of rotatable bonds is 2. The van der Waals surface area contributed by atoms with Gasteiger partial charge in [-0.15, -0.1) is 0 Å². The van der Waals surface area contributed by atoms with Crippen LogP contribution < -0.4 is 0 Å². The highest BCUT2D eigenvalue weighted by Crippen LogP contribution is 2.34. The summed E-state index contributed by atoms with van der Waals surface area (Å²) in [5.41, 5.74) is 2.65. The third kappa shape index (κ3) is 3.02. The van der Waals surface area contributed by atoms with E-state index in [9.17, 15) is 5.11 Å². The van der Waals surface area contributed by atoms with Gasteiger partial charge in [0.25, 0.3) is 0 Å². The maximum atomic E-state index is 10.8. The second kappa shape index (κ2) is 5.71. The summed E-state index contributed by atoms with van der Waals surface area (Å²) in [6.45, 7) is 4.01. The molecule has 1 nitrogen and oxygen atoms in total. The summed E-state index contributed by atoms with van der Waals surface area (Å²) in [5.74, 6) is 0. The van der Waals surface area contributed by atoms with Crippen LogP contribution in [0.1, 0.15) is 56.6 Å². The van der Waals surface area contributed by atoms with Gasteiger partial charge in [-0.05, 0) is 50.7 Å². The van der Waals surface area contributed by atoms with Crippen molar-refractivity contribution in [2.45, 2.75) is 58.0 Å². The quantitative estimate of drug-likeness (QED) is 0.760. The zero-order valence-corrected chi connectivity index (χ0v) is 11.6. The monoisotopic (exact) mass is 244 g/mol. The van der Waals surface area contributed by atoms with Crippen molar-refractivity contribution in [3.63, 3.8) is 0 Å². The SMILES string of the molecule is Cc1ccc(C(C)(O)/C2=C/CCCCCC2)cc1. The van der Waals surface area contributed by atoms with Gasteiger partial charge in [0.15, 0.2) is 0 Å². The molecule has 1 aliphatic rings. The Kier molecular flexibility index (Phi) is 4.23. The number of benzene rings is 1. The third-order valence-corrected chi connectivity index (χ3v) is 4.03. The van der Waals surface area contributed by atoms with E-state index < -0.39 is 5.60 Å². The summed E-state index contributed by atoms with van der Waals surface area (Å²) in [4.78, 5) is 0. The number of aliphatic hydroxyl groups is 1. The molecule has 0 aliphatic heterocycles. The molecule has 0 saturated heterocycles. The second-order valence-corrected chi connectivity index (χ2v) is 5.62. The van der Waals surface area contributed by atoms with Gasteiger partial charge in [0.2, 0.25) is 0 Å². The Bertz CT molecular complexity index is 412. The lowest BCUT2D eigenvalue weighted by Crippen LogP contribution is -2.24. The van der Waals surface area contributed by atoms with Gasteiger partial charge in [0.1, 0.15) is 5.60 Å². The molecule has 1 heteroatoms. The van der Waals surface area contributed by atoms with E-state index in [1.54, 1.807) is 0 Å². The van der Waals surface area contributed by atoms with Crippen LogP contribution in [0.15, 0.2) is 35.9 Å². The van der Waals surface area contributed by atoms with Crippen molar-refractivity contribution in [1.82, 2.24) is 0 Å². The molecule has 18 heavy (non-hydrogen) atoms. The van der Waals surface area contributed by atoms with Crippen molar-refractivity contribution in [3.8, 4) is 0 Å². The van der Waals surface area contributed by atoms with Gasteiger partial charge in [-0.2, -0.15) is 0 Å². The van der Waals surface area contributed by atoms with Gasteiger partial charge in [0.05, 0.1) is 0 Å². The van der Waals surface area contributed by atoms with Gasteiger partial charge in [-0.25, -0.2) is 0 Å². The molecule has 1 aromatic rings. The van der Waals surface area contributed by atoms with Crippen LogP contribution in [-0.4, -0.2) is 5.11 Å². The summed E-state index contributed by atoms with van der Waals surface area (Å²) in [7, 11) is 0. The predicted octanol–water partition coefficient (Wildman–Crippen LogP) is 4.48. The van der Waals surface area contributed by atoms with Crippen LogP contribution in [0.4, 0.5) is 0 Å². The topological polar surface area (TPSA) is 20.2 Å². The molecule has 1 aliphatic carbocycles. The Morgan fingerprint density at radius 1 is 1.00 bits per heavy atom. The zero-order valence-electron chi connectivity index (χ0n) is 11.6. The molecule has 0 saturated carbocycles. The van der Waals surface area contributed by atoms with Crippen LogP contribution >= 0.6 is 0 Å². The van der Waals surface area contributed by atoms with Crippen molar-refractivity contribution in [1.29, 1.82) is 0 Å². The molecule has 1 atom stereocenters. The minimum atomic E-state index is -0.801. The number of hydrogen-bond acceptors (Lipinski definition) is 1. The lowest BCUT2D eigenvalue weighted by Gasteiger charge is -2.29. The number of hydrogen-bond donors (Lipinski definition) is 1. The molecule has 98 valence electrons. The molecule has 2 rings (SSSR count). The molecule has 0 fully saturated rings. The molecular formula is C17H24O. The Hall–Kier alpha value is -1.08. The first-order valence-electron chi connectivity index (χ1n) is 7.10. The average Bonchev–Trinajstić information content (AvgIpc) is 2.28. The Morgan fingerprint density at radius 3 is 2.39 bits per heavy atom. The zero-order chi connectivity index (χ0) is 13.0. The van der Waals surface area contributed by atoms with Crippen LogP contribution in [0, 0.1) is 6.92 Å². The van der Waals surface area contributed by atoms with E-state index in [2.05, 4.69) is 37.3 Å². The fraction of sp³-hybridized carbons (Fsp3) is 0.529. The van der Waals surface area contributed by atoms with Crippen LogP contribution in [0.2, 0.25) is 0 Å². The van der Waals surface area contributed by atoms with Gasteiger partial charge in [-0.3, -0.25) is 0 Å². The molecule has 1 aromatic carbocycles. The Balaban J connectivity index is 2.25. The van der Waals surface area contributed by atoms with E-state index in [-0.39, 0.29) is 0 Å². The number of aryl methyl sites for hydroxylation is 1. The van der Waals surface area contributed by atoms with Crippen LogP contribution in [-0.2, 0) is 5.60 Å². The number of allylic oxidation sites excluding steroid dienone is 1. The summed E-state index contributed by atoms with van der Waals surface area (Å²) in [5, 5.41) is 10.8. The summed E-state index contributed by atoms with van der Waals surface area (Å²) in [6, 6.07) is 8.25. The minimum Gasteiger partial charge on any atom is -0.381 e. The fourth-order valence-corrected chi connectivity index (χ4v) is 2.70. The van der Waals surface area contributed by atoms with E-state index in [1.165, 1.54) is 36.8 Å². The minimum absolute atomic E-state index is 0.801. The predicted molar refractivity (Wildman–Crippen MR) is 76.5 cm³/mol. The Morgan fingerprint density at radius 2 is 1.67 bits per heavy atom. The smallest absolute Gasteiger partial charge is 0.108 e. The first kappa shape index (κ1) is 13.4. The first-order valence-corrected chi connectivity index (χ1v) is 7.10. The fourth-order valence-electron chi connectivity index (χ4n) is 2.70. The van der Waals surface area contributed by atoms with E-state index in [1.807, 2.05) is 6.92 Å². The summed E-state index contributed by atoms with van der Waals surface area (Å²) >= 11 is 0. The molecule has 1 unspecified atom stereocenters. The average molecular weight is 244 g/mol. The summed E-state index contributed by atoms with van der Waals surface area (Å²) in [6.07, 6.45) is 9.48. The van der Waals surface area contributed by atoms with Gasteiger partial charge < -0.3 is 5.11 Å². The highest BCUT2D eigenvalue weighted by Gasteiger charge is 2.27. The lowest BCUT2D eigenvalue weighted by atomic mass is 9.83. The largest absolute Gasteiger partial charge is 0.381 e. The Labute approximate surface area is 111 Å². The van der Waals surface area contributed by atoms with Crippen LogP contribution in [0.25, 0.3) is 0 Å². The maximum absolute atomic E-state index is 10.8. The molecule has 1 N–H and O–H groups in total. The first-order chi connectivity index (χ1) is 8.60. The van der Waals surface area contributed by atoms with Crippen LogP contribution in [0.3, 0.4) is 0 Å². The summed E-state index contributed by atoms with van der Waals surface area (Å²) < 4.78 is 0. The van der Waals surface area contributed by atoms with Crippen molar-refractivity contribution in [2.24, 2.45) is 0 Å². The van der Waals surface area contributed by atoms with Gasteiger partial charge in [-0.1, -0.05) is 48.7 Å². The maximum Gasteiger partial charge on any atom is 0.108 e. The second-order valence-electron chi connectivity index (χ2n) is 5.62. The molecule has 0 radical (unpaired) electrons. The van der Waals surface area contributed by atoms with Crippen molar-refractivity contribution in [2.75, 3.05) is 0 Å². The molecule has 0 heterocycles. The van der Waals surface area contributed by atoms with E-state index in [0.717, 1.165) is 18.4 Å². The van der Waals surface area contributed by atoms with Gasteiger partial charge >= 0.3 is 0 Å². The molecule has 0 spiro atoms.